The summed E-state index contributed by atoms with van der Waals surface area (Å²) < 4.78 is 3.46. The van der Waals surface area contributed by atoms with Gasteiger partial charge >= 0.3 is 0 Å². The molecule has 1 amide bonds. The Morgan fingerprint density at radius 3 is 2.52 bits per heavy atom. The third-order valence-electron chi connectivity index (χ3n) is 6.82. The highest BCUT2D eigenvalue weighted by atomic mass is 16.2. The summed E-state index contributed by atoms with van der Waals surface area (Å²) in [5.74, 6) is 0.340. The molecular formula is C25H32N4O2. The molecule has 0 aliphatic heterocycles. The number of amides is 1. The monoisotopic (exact) mass is 420 g/mol. The zero-order valence-electron chi connectivity index (χ0n) is 18.9. The van der Waals surface area contributed by atoms with Crippen LogP contribution in [0.15, 0.2) is 35.3 Å². The van der Waals surface area contributed by atoms with Crippen molar-refractivity contribution in [3.8, 4) is 0 Å². The molecule has 2 aromatic heterocycles. The average Bonchev–Trinajstić information content (AvgIpc) is 2.98. The molecule has 3 aromatic rings. The van der Waals surface area contributed by atoms with E-state index in [-0.39, 0.29) is 24.1 Å². The third-order valence-corrected chi connectivity index (χ3v) is 6.82. The van der Waals surface area contributed by atoms with Gasteiger partial charge in [0.2, 0.25) is 5.91 Å². The smallest absolute Gasteiger partial charge is 0.276 e. The maximum Gasteiger partial charge on any atom is 0.276 e. The van der Waals surface area contributed by atoms with Gasteiger partial charge in [-0.15, -0.1) is 0 Å². The summed E-state index contributed by atoms with van der Waals surface area (Å²) in [5, 5.41) is 8.94. The van der Waals surface area contributed by atoms with Gasteiger partial charge in [0.15, 0.2) is 0 Å². The number of benzene rings is 1. The summed E-state index contributed by atoms with van der Waals surface area (Å²) >= 11 is 0. The predicted molar refractivity (Wildman–Crippen MR) is 123 cm³/mol. The lowest BCUT2D eigenvalue weighted by Crippen LogP contribution is -2.43. The molecule has 4 rings (SSSR count). The number of fused-ring (bicyclic) bond motifs is 1. The van der Waals surface area contributed by atoms with Crippen molar-refractivity contribution >= 4 is 16.7 Å². The zero-order chi connectivity index (χ0) is 22.1. The number of carbonyl (C=O) groups excluding carboxylic acids is 1. The van der Waals surface area contributed by atoms with Crippen molar-refractivity contribution in [2.45, 2.75) is 72.5 Å². The Bertz CT molecular complexity index is 1160. The third kappa shape index (κ3) is 4.29. The van der Waals surface area contributed by atoms with Gasteiger partial charge < -0.3 is 9.88 Å². The second-order valence-corrected chi connectivity index (χ2v) is 9.07. The summed E-state index contributed by atoms with van der Waals surface area (Å²) in [5.41, 5.74) is 4.14. The largest absolute Gasteiger partial charge is 0.351 e. The molecule has 1 aromatic carbocycles. The van der Waals surface area contributed by atoms with Crippen molar-refractivity contribution in [2.24, 2.45) is 5.92 Å². The van der Waals surface area contributed by atoms with Gasteiger partial charge in [0.05, 0.1) is 11.6 Å². The minimum absolute atomic E-state index is 0.0420. The Morgan fingerprint density at radius 2 is 1.81 bits per heavy atom. The maximum atomic E-state index is 13.2. The summed E-state index contributed by atoms with van der Waals surface area (Å²) in [6.45, 7) is 8.91. The van der Waals surface area contributed by atoms with E-state index < -0.39 is 0 Å². The molecule has 1 N–H and O–H groups in total. The van der Waals surface area contributed by atoms with E-state index >= 15 is 0 Å². The minimum atomic E-state index is -0.201. The second-order valence-electron chi connectivity index (χ2n) is 9.07. The van der Waals surface area contributed by atoms with Crippen molar-refractivity contribution in [1.29, 1.82) is 0 Å². The van der Waals surface area contributed by atoms with Crippen LogP contribution in [0, 0.1) is 26.7 Å². The number of aromatic nitrogens is 3. The van der Waals surface area contributed by atoms with Gasteiger partial charge in [-0.2, -0.15) is 5.10 Å². The Morgan fingerprint density at radius 1 is 1.10 bits per heavy atom. The molecule has 1 aliphatic carbocycles. The van der Waals surface area contributed by atoms with Crippen molar-refractivity contribution in [1.82, 2.24) is 19.7 Å². The minimum Gasteiger partial charge on any atom is -0.351 e. The maximum absolute atomic E-state index is 13.2. The van der Waals surface area contributed by atoms with E-state index in [0.29, 0.717) is 17.8 Å². The zero-order valence-corrected chi connectivity index (χ0v) is 18.9. The fourth-order valence-corrected chi connectivity index (χ4v) is 4.79. The number of nitrogens with zero attached hydrogens (tertiary/aromatic N) is 3. The van der Waals surface area contributed by atoms with Crippen LogP contribution in [-0.4, -0.2) is 26.3 Å². The van der Waals surface area contributed by atoms with Crippen LogP contribution in [0.5, 0.6) is 0 Å². The van der Waals surface area contributed by atoms with E-state index in [0.717, 1.165) is 36.0 Å². The molecule has 0 saturated heterocycles. The van der Waals surface area contributed by atoms with Gasteiger partial charge in [-0.3, -0.25) is 9.59 Å². The molecule has 1 saturated carbocycles. The first-order valence-electron chi connectivity index (χ1n) is 11.3. The number of aryl methyl sites for hydroxylation is 3. The summed E-state index contributed by atoms with van der Waals surface area (Å²) in [6, 6.07) is 8.63. The van der Waals surface area contributed by atoms with Crippen molar-refractivity contribution in [2.75, 3.05) is 0 Å². The van der Waals surface area contributed by atoms with Gasteiger partial charge in [0.1, 0.15) is 6.54 Å². The molecular weight excluding hydrogens is 388 g/mol. The van der Waals surface area contributed by atoms with Gasteiger partial charge in [-0.1, -0.05) is 49.6 Å². The lowest BCUT2D eigenvalue weighted by molar-refractivity contribution is -0.123. The summed E-state index contributed by atoms with van der Waals surface area (Å²) in [4.78, 5) is 25.8. The predicted octanol–water partition coefficient (Wildman–Crippen LogP) is 3.87. The molecule has 31 heavy (non-hydrogen) atoms. The molecule has 6 nitrogen and oxygen atoms in total. The fraction of sp³-hybridized carbons (Fsp3) is 0.480. The number of hydrogen-bond donors (Lipinski definition) is 1. The van der Waals surface area contributed by atoms with Crippen LogP contribution in [0.1, 0.15) is 55.1 Å². The van der Waals surface area contributed by atoms with Crippen LogP contribution in [0.25, 0.3) is 10.8 Å². The van der Waals surface area contributed by atoms with Gasteiger partial charge in [0, 0.05) is 29.4 Å². The van der Waals surface area contributed by atoms with Gasteiger partial charge in [-0.25, -0.2) is 4.68 Å². The highest BCUT2D eigenvalue weighted by molar-refractivity contribution is 5.87. The topological polar surface area (TPSA) is 68.9 Å². The molecule has 0 spiro atoms. The quantitative estimate of drug-likeness (QED) is 0.681. The van der Waals surface area contributed by atoms with E-state index in [1.807, 2.05) is 13.8 Å². The molecule has 1 aliphatic rings. The molecule has 1 fully saturated rings. The van der Waals surface area contributed by atoms with Crippen LogP contribution < -0.4 is 10.9 Å². The number of rotatable bonds is 5. The molecule has 6 heteroatoms. The fourth-order valence-electron chi connectivity index (χ4n) is 4.79. The lowest BCUT2D eigenvalue weighted by Gasteiger charge is -2.29. The number of carbonyl (C=O) groups is 1. The van der Waals surface area contributed by atoms with E-state index in [2.05, 4.69) is 53.1 Å². The van der Waals surface area contributed by atoms with Crippen molar-refractivity contribution < 1.29 is 4.79 Å². The molecule has 2 unspecified atom stereocenters. The van der Waals surface area contributed by atoms with Crippen LogP contribution in [0.3, 0.4) is 0 Å². The normalized spacial score (nSPS) is 19.0. The number of hydrogen-bond acceptors (Lipinski definition) is 3. The molecule has 2 atom stereocenters. The summed E-state index contributed by atoms with van der Waals surface area (Å²) in [6.07, 6.45) is 6.24. The average molecular weight is 421 g/mol. The Labute approximate surface area is 183 Å². The first-order valence-corrected chi connectivity index (χ1v) is 11.3. The van der Waals surface area contributed by atoms with Crippen molar-refractivity contribution in [3.63, 3.8) is 0 Å². The molecule has 2 heterocycles. The van der Waals surface area contributed by atoms with Gasteiger partial charge in [0.25, 0.3) is 5.56 Å². The first kappa shape index (κ1) is 21.3. The highest BCUT2D eigenvalue weighted by Gasteiger charge is 2.23. The Hall–Kier alpha value is -2.89. The van der Waals surface area contributed by atoms with Crippen LogP contribution in [-0.2, 0) is 17.9 Å². The van der Waals surface area contributed by atoms with Gasteiger partial charge in [-0.05, 0) is 45.1 Å². The first-order chi connectivity index (χ1) is 14.8. The van der Waals surface area contributed by atoms with Crippen LogP contribution >= 0.6 is 0 Å². The SMILES string of the molecule is Cc1ccc(Cn2c(C)c3cnn(CC(=O)NC4CCCCC4C)c(=O)c3c2C)cc1. The molecule has 164 valence electrons. The molecule has 0 radical (unpaired) electrons. The Balaban J connectivity index is 1.59. The van der Waals surface area contributed by atoms with Crippen LogP contribution in [0.4, 0.5) is 0 Å². The highest BCUT2D eigenvalue weighted by Crippen LogP contribution is 2.24. The van der Waals surface area contributed by atoms with E-state index in [9.17, 15) is 9.59 Å². The lowest BCUT2D eigenvalue weighted by atomic mass is 9.86. The number of nitrogens with one attached hydrogen (secondary N) is 1. The summed E-state index contributed by atoms with van der Waals surface area (Å²) in [7, 11) is 0. The van der Waals surface area contributed by atoms with E-state index in [1.54, 1.807) is 6.20 Å². The molecule has 0 bridgehead atoms. The van der Waals surface area contributed by atoms with Crippen LogP contribution in [0.2, 0.25) is 0 Å². The van der Waals surface area contributed by atoms with Crippen molar-refractivity contribution in [3.05, 3.63) is 63.3 Å². The second kappa shape index (κ2) is 8.69. The standard InChI is InChI=1S/C25H32N4O2/c1-16-9-11-20(12-10-16)14-28-18(3)21-13-26-29(25(31)24(21)19(28)4)15-23(30)27-22-8-6-5-7-17(22)2/h9-13,17,22H,5-8,14-15H2,1-4H3,(H,27,30). The van der Waals surface area contributed by atoms with E-state index in [4.69, 9.17) is 0 Å². The Kier molecular flexibility index (Phi) is 5.99. The van der Waals surface area contributed by atoms with E-state index in [1.165, 1.54) is 22.2 Å².